The standard InChI is InChI=1S/C13H20ClNO5S/c1-19-9-3-6-15(7-8-16)21(17,18)13-10-11(14)4-5-12(13)20-2/h4-5,10,16H,3,6-9H2,1-2H3. The van der Waals surface area contributed by atoms with Crippen molar-refractivity contribution in [1.29, 1.82) is 0 Å². The fourth-order valence-electron chi connectivity index (χ4n) is 1.84. The van der Waals surface area contributed by atoms with Gasteiger partial charge in [-0.05, 0) is 24.6 Å². The molecule has 0 aliphatic carbocycles. The van der Waals surface area contributed by atoms with Crippen molar-refractivity contribution in [1.82, 2.24) is 4.31 Å². The maximum absolute atomic E-state index is 12.7. The molecule has 0 aromatic heterocycles. The lowest BCUT2D eigenvalue weighted by molar-refractivity contribution is 0.182. The van der Waals surface area contributed by atoms with E-state index < -0.39 is 10.0 Å². The Morgan fingerprint density at radius 1 is 1.29 bits per heavy atom. The summed E-state index contributed by atoms with van der Waals surface area (Å²) < 4.78 is 36.6. The number of aliphatic hydroxyl groups excluding tert-OH is 1. The van der Waals surface area contributed by atoms with Crippen LogP contribution in [0.3, 0.4) is 0 Å². The summed E-state index contributed by atoms with van der Waals surface area (Å²) in [6.45, 7) is 0.410. The van der Waals surface area contributed by atoms with Crippen LogP contribution in [0.2, 0.25) is 5.02 Å². The van der Waals surface area contributed by atoms with Crippen LogP contribution in [-0.4, -0.2) is 58.4 Å². The van der Waals surface area contributed by atoms with E-state index in [2.05, 4.69) is 0 Å². The van der Waals surface area contributed by atoms with E-state index in [1.807, 2.05) is 0 Å². The molecule has 0 heterocycles. The first-order valence-electron chi connectivity index (χ1n) is 6.41. The van der Waals surface area contributed by atoms with E-state index in [-0.39, 0.29) is 30.3 Å². The topological polar surface area (TPSA) is 76.1 Å². The van der Waals surface area contributed by atoms with Gasteiger partial charge in [0.05, 0.1) is 13.7 Å². The van der Waals surface area contributed by atoms with Gasteiger partial charge in [0.1, 0.15) is 10.6 Å². The molecule has 0 fully saturated rings. The first-order valence-corrected chi connectivity index (χ1v) is 8.22. The molecule has 1 N–H and O–H groups in total. The van der Waals surface area contributed by atoms with Crippen LogP contribution >= 0.6 is 11.6 Å². The smallest absolute Gasteiger partial charge is 0.246 e. The van der Waals surface area contributed by atoms with Crippen LogP contribution in [-0.2, 0) is 14.8 Å². The maximum atomic E-state index is 12.7. The Balaban J connectivity index is 3.12. The molecule has 0 radical (unpaired) electrons. The molecule has 8 heteroatoms. The summed E-state index contributed by atoms with van der Waals surface area (Å²) in [4.78, 5) is -0.0108. The van der Waals surface area contributed by atoms with E-state index in [1.54, 1.807) is 13.2 Å². The zero-order valence-electron chi connectivity index (χ0n) is 12.1. The SMILES string of the molecule is COCCCN(CCO)S(=O)(=O)c1cc(Cl)ccc1OC. The Morgan fingerprint density at radius 3 is 2.57 bits per heavy atom. The van der Waals surface area contributed by atoms with E-state index in [0.717, 1.165) is 0 Å². The highest BCUT2D eigenvalue weighted by molar-refractivity contribution is 7.89. The van der Waals surface area contributed by atoms with Crippen molar-refractivity contribution in [2.45, 2.75) is 11.3 Å². The van der Waals surface area contributed by atoms with Gasteiger partial charge in [-0.3, -0.25) is 0 Å². The summed E-state index contributed by atoms with van der Waals surface area (Å²) in [5.41, 5.74) is 0. The van der Waals surface area contributed by atoms with Crippen molar-refractivity contribution in [3.8, 4) is 5.75 Å². The van der Waals surface area contributed by atoms with Gasteiger partial charge in [0, 0.05) is 31.8 Å². The monoisotopic (exact) mass is 337 g/mol. The predicted molar refractivity (Wildman–Crippen MR) is 80.3 cm³/mol. The second-order valence-electron chi connectivity index (χ2n) is 4.27. The van der Waals surface area contributed by atoms with Crippen molar-refractivity contribution in [3.05, 3.63) is 23.2 Å². The predicted octanol–water partition coefficient (Wildman–Crippen LogP) is 1.37. The minimum Gasteiger partial charge on any atom is -0.495 e. The second-order valence-corrected chi connectivity index (χ2v) is 6.61. The second kappa shape index (κ2) is 8.55. The number of benzene rings is 1. The van der Waals surface area contributed by atoms with Crippen LogP contribution in [0.4, 0.5) is 0 Å². The van der Waals surface area contributed by atoms with Crippen molar-refractivity contribution >= 4 is 21.6 Å². The Bertz CT molecular complexity index is 549. The van der Waals surface area contributed by atoms with Gasteiger partial charge in [0.2, 0.25) is 10.0 Å². The van der Waals surface area contributed by atoms with E-state index in [1.165, 1.54) is 23.5 Å². The molecule has 0 aliphatic heterocycles. The third-order valence-corrected chi connectivity index (χ3v) is 5.00. The number of aliphatic hydroxyl groups is 1. The normalized spacial score (nSPS) is 11.9. The first-order chi connectivity index (χ1) is 9.97. The molecule has 0 bridgehead atoms. The van der Waals surface area contributed by atoms with E-state index in [4.69, 9.17) is 26.2 Å². The van der Waals surface area contributed by atoms with E-state index in [9.17, 15) is 8.42 Å². The molecular weight excluding hydrogens is 318 g/mol. The molecule has 21 heavy (non-hydrogen) atoms. The number of sulfonamides is 1. The Labute approximate surface area is 130 Å². The molecule has 1 aromatic carbocycles. The van der Waals surface area contributed by atoms with Gasteiger partial charge >= 0.3 is 0 Å². The van der Waals surface area contributed by atoms with Crippen LogP contribution < -0.4 is 4.74 Å². The molecule has 0 saturated carbocycles. The molecule has 0 unspecified atom stereocenters. The molecule has 1 aromatic rings. The minimum absolute atomic E-state index is 0.00170. The summed E-state index contributed by atoms with van der Waals surface area (Å²) in [5, 5.41) is 9.39. The first kappa shape index (κ1) is 18.2. The fraction of sp³-hybridized carbons (Fsp3) is 0.538. The number of halogens is 1. The van der Waals surface area contributed by atoms with Gasteiger partial charge in [0.25, 0.3) is 0 Å². The number of ether oxygens (including phenoxy) is 2. The quantitative estimate of drug-likeness (QED) is 0.689. The Hall–Kier alpha value is -0.860. The minimum atomic E-state index is -3.80. The van der Waals surface area contributed by atoms with Crippen molar-refractivity contribution in [2.24, 2.45) is 0 Å². The molecule has 0 saturated heterocycles. The van der Waals surface area contributed by atoms with Crippen LogP contribution in [0.1, 0.15) is 6.42 Å². The average molecular weight is 338 g/mol. The molecule has 0 amide bonds. The molecule has 1 rings (SSSR count). The number of nitrogens with zero attached hydrogens (tertiary/aromatic N) is 1. The lowest BCUT2D eigenvalue weighted by Crippen LogP contribution is -2.35. The fourth-order valence-corrected chi connectivity index (χ4v) is 3.73. The summed E-state index contributed by atoms with van der Waals surface area (Å²) in [6, 6.07) is 4.40. The van der Waals surface area contributed by atoms with Crippen LogP contribution in [0.5, 0.6) is 5.75 Å². The summed E-state index contributed by atoms with van der Waals surface area (Å²) >= 11 is 5.88. The lowest BCUT2D eigenvalue weighted by Gasteiger charge is -2.22. The van der Waals surface area contributed by atoms with Gasteiger partial charge in [-0.25, -0.2) is 8.42 Å². The van der Waals surface area contributed by atoms with Crippen LogP contribution in [0, 0.1) is 0 Å². The molecule has 0 aliphatic rings. The largest absolute Gasteiger partial charge is 0.495 e. The summed E-state index contributed by atoms with van der Waals surface area (Å²) in [5.74, 6) is 0.217. The third-order valence-electron chi connectivity index (χ3n) is 2.85. The lowest BCUT2D eigenvalue weighted by atomic mass is 10.3. The average Bonchev–Trinajstić information content (AvgIpc) is 2.46. The van der Waals surface area contributed by atoms with Gasteiger partial charge in [-0.1, -0.05) is 11.6 Å². The van der Waals surface area contributed by atoms with Gasteiger partial charge in [-0.15, -0.1) is 0 Å². The number of hydrogen-bond acceptors (Lipinski definition) is 5. The number of rotatable bonds is 9. The molecule has 0 spiro atoms. The van der Waals surface area contributed by atoms with E-state index in [0.29, 0.717) is 18.1 Å². The van der Waals surface area contributed by atoms with Crippen LogP contribution in [0.15, 0.2) is 23.1 Å². The Morgan fingerprint density at radius 2 is 2.00 bits per heavy atom. The van der Waals surface area contributed by atoms with Crippen molar-refractivity contribution < 1.29 is 23.0 Å². The summed E-state index contributed by atoms with van der Waals surface area (Å²) in [7, 11) is -0.862. The number of methoxy groups -OCH3 is 2. The van der Waals surface area contributed by atoms with E-state index >= 15 is 0 Å². The zero-order valence-corrected chi connectivity index (χ0v) is 13.7. The van der Waals surface area contributed by atoms with Gasteiger partial charge in [-0.2, -0.15) is 4.31 Å². The van der Waals surface area contributed by atoms with Crippen molar-refractivity contribution in [2.75, 3.05) is 40.5 Å². The molecule has 0 atom stereocenters. The van der Waals surface area contributed by atoms with Gasteiger partial charge < -0.3 is 14.6 Å². The highest BCUT2D eigenvalue weighted by Crippen LogP contribution is 2.29. The zero-order chi connectivity index (χ0) is 15.9. The molecule has 120 valence electrons. The van der Waals surface area contributed by atoms with Crippen molar-refractivity contribution in [3.63, 3.8) is 0 Å². The number of hydrogen-bond donors (Lipinski definition) is 1. The maximum Gasteiger partial charge on any atom is 0.246 e. The van der Waals surface area contributed by atoms with Crippen LogP contribution in [0.25, 0.3) is 0 Å². The summed E-state index contributed by atoms with van der Waals surface area (Å²) in [6.07, 6.45) is 0.526. The molecular formula is C13H20ClNO5S. The Kier molecular flexibility index (Phi) is 7.41. The molecule has 6 nitrogen and oxygen atoms in total. The highest BCUT2D eigenvalue weighted by Gasteiger charge is 2.27. The third kappa shape index (κ3) is 4.82. The highest BCUT2D eigenvalue weighted by atomic mass is 35.5. The van der Waals surface area contributed by atoms with Gasteiger partial charge in [0.15, 0.2) is 0 Å².